The minimum Gasteiger partial charge on any atom is -0.375 e. The Morgan fingerprint density at radius 2 is 2.15 bits per heavy atom. The molecule has 2 heterocycles. The van der Waals surface area contributed by atoms with E-state index >= 15 is 0 Å². The van der Waals surface area contributed by atoms with Crippen molar-refractivity contribution in [1.82, 2.24) is 10.3 Å². The maximum Gasteiger partial charge on any atom is 0.0966 e. The molecule has 0 aliphatic carbocycles. The second kappa shape index (κ2) is 3.44. The molecule has 0 spiro atoms. The summed E-state index contributed by atoms with van der Waals surface area (Å²) >= 11 is 0. The van der Waals surface area contributed by atoms with Crippen molar-refractivity contribution in [2.45, 2.75) is 12.0 Å². The number of aromatic nitrogens is 1. The van der Waals surface area contributed by atoms with E-state index in [1.54, 1.807) is 7.11 Å². The van der Waals surface area contributed by atoms with Crippen molar-refractivity contribution < 1.29 is 4.74 Å². The van der Waals surface area contributed by atoms with E-state index in [1.807, 2.05) is 24.5 Å². The fourth-order valence-electron chi connectivity index (χ4n) is 1.62. The number of hydrogen-bond donors (Lipinski definition) is 1. The van der Waals surface area contributed by atoms with Crippen LogP contribution in [0.15, 0.2) is 24.5 Å². The Morgan fingerprint density at radius 1 is 1.46 bits per heavy atom. The molecular weight excluding hydrogens is 164 g/mol. The standard InChI is InChI=1S/C10H14N2O/c1-13-10(7-12-8-10)6-9-2-4-11-5-3-9/h2-5,12H,6-8H2,1H3. The molecule has 0 aromatic carbocycles. The van der Waals surface area contributed by atoms with E-state index in [-0.39, 0.29) is 5.60 Å². The molecule has 1 aliphatic heterocycles. The summed E-state index contributed by atoms with van der Waals surface area (Å²) < 4.78 is 5.49. The topological polar surface area (TPSA) is 34.1 Å². The van der Waals surface area contributed by atoms with Crippen LogP contribution in [0.4, 0.5) is 0 Å². The van der Waals surface area contributed by atoms with E-state index in [1.165, 1.54) is 5.56 Å². The summed E-state index contributed by atoms with van der Waals surface area (Å²) in [5, 5.41) is 3.23. The molecule has 1 saturated heterocycles. The summed E-state index contributed by atoms with van der Waals surface area (Å²) in [6, 6.07) is 4.08. The summed E-state index contributed by atoms with van der Waals surface area (Å²) in [7, 11) is 1.78. The van der Waals surface area contributed by atoms with Gasteiger partial charge in [-0.2, -0.15) is 0 Å². The van der Waals surface area contributed by atoms with Gasteiger partial charge in [0.2, 0.25) is 0 Å². The fourth-order valence-corrected chi connectivity index (χ4v) is 1.62. The van der Waals surface area contributed by atoms with Gasteiger partial charge in [-0.15, -0.1) is 0 Å². The fraction of sp³-hybridized carbons (Fsp3) is 0.500. The molecule has 0 atom stereocenters. The minimum absolute atomic E-state index is 0.0291. The van der Waals surface area contributed by atoms with Gasteiger partial charge in [-0.25, -0.2) is 0 Å². The van der Waals surface area contributed by atoms with E-state index in [0.29, 0.717) is 0 Å². The van der Waals surface area contributed by atoms with Crippen molar-refractivity contribution in [3.8, 4) is 0 Å². The van der Waals surface area contributed by atoms with Gasteiger partial charge in [0.15, 0.2) is 0 Å². The highest BCUT2D eigenvalue weighted by Crippen LogP contribution is 2.20. The first-order valence-corrected chi connectivity index (χ1v) is 4.49. The Labute approximate surface area is 78.1 Å². The quantitative estimate of drug-likeness (QED) is 0.736. The molecule has 0 bridgehead atoms. The van der Waals surface area contributed by atoms with Crippen LogP contribution in [-0.2, 0) is 11.2 Å². The summed E-state index contributed by atoms with van der Waals surface area (Å²) in [5.41, 5.74) is 1.32. The molecule has 0 saturated carbocycles. The van der Waals surface area contributed by atoms with E-state index in [9.17, 15) is 0 Å². The number of nitrogens with one attached hydrogen (secondary N) is 1. The molecule has 1 fully saturated rings. The largest absolute Gasteiger partial charge is 0.375 e. The maximum atomic E-state index is 5.49. The van der Waals surface area contributed by atoms with E-state index in [4.69, 9.17) is 4.74 Å². The van der Waals surface area contributed by atoms with E-state index in [0.717, 1.165) is 19.5 Å². The third-order valence-electron chi connectivity index (χ3n) is 2.60. The highest BCUT2D eigenvalue weighted by atomic mass is 16.5. The van der Waals surface area contributed by atoms with Crippen LogP contribution in [0.2, 0.25) is 0 Å². The van der Waals surface area contributed by atoms with E-state index < -0.39 is 0 Å². The zero-order valence-corrected chi connectivity index (χ0v) is 7.79. The van der Waals surface area contributed by atoms with Crippen molar-refractivity contribution >= 4 is 0 Å². The maximum absolute atomic E-state index is 5.49. The summed E-state index contributed by atoms with van der Waals surface area (Å²) in [6.45, 7) is 1.90. The van der Waals surface area contributed by atoms with Gasteiger partial charge in [-0.1, -0.05) is 0 Å². The third-order valence-corrected chi connectivity index (χ3v) is 2.60. The van der Waals surface area contributed by atoms with Crippen LogP contribution in [0, 0.1) is 0 Å². The molecule has 1 aromatic heterocycles. The van der Waals surface area contributed by atoms with Gasteiger partial charge in [-0.3, -0.25) is 4.98 Å². The smallest absolute Gasteiger partial charge is 0.0966 e. The lowest BCUT2D eigenvalue weighted by atomic mass is 9.89. The molecular formula is C10H14N2O. The lowest BCUT2D eigenvalue weighted by Crippen LogP contribution is -2.61. The third kappa shape index (κ3) is 1.71. The van der Waals surface area contributed by atoms with Gasteiger partial charge in [0.1, 0.15) is 0 Å². The van der Waals surface area contributed by atoms with Crippen LogP contribution < -0.4 is 5.32 Å². The van der Waals surface area contributed by atoms with E-state index in [2.05, 4.69) is 10.3 Å². The molecule has 13 heavy (non-hydrogen) atoms. The molecule has 2 rings (SSSR count). The number of hydrogen-bond acceptors (Lipinski definition) is 3. The molecule has 3 nitrogen and oxygen atoms in total. The van der Waals surface area contributed by atoms with Crippen LogP contribution in [-0.4, -0.2) is 30.8 Å². The average molecular weight is 178 g/mol. The van der Waals surface area contributed by atoms with Crippen LogP contribution >= 0.6 is 0 Å². The van der Waals surface area contributed by atoms with Crippen LogP contribution in [0.1, 0.15) is 5.56 Å². The predicted molar refractivity (Wildman–Crippen MR) is 50.6 cm³/mol. The van der Waals surface area contributed by atoms with Gasteiger partial charge in [0.05, 0.1) is 5.60 Å². The first-order valence-electron chi connectivity index (χ1n) is 4.49. The Bertz CT molecular complexity index is 264. The number of nitrogens with zero attached hydrogens (tertiary/aromatic N) is 1. The average Bonchev–Trinajstić information content (AvgIpc) is 2.13. The summed E-state index contributed by atoms with van der Waals surface area (Å²) in [5.74, 6) is 0. The molecule has 1 aliphatic rings. The minimum atomic E-state index is 0.0291. The van der Waals surface area contributed by atoms with Crippen molar-refractivity contribution in [1.29, 1.82) is 0 Å². The molecule has 70 valence electrons. The van der Waals surface area contributed by atoms with Gasteiger partial charge >= 0.3 is 0 Å². The Balaban J connectivity index is 2.05. The number of methoxy groups -OCH3 is 1. The summed E-state index contributed by atoms with van der Waals surface area (Å²) in [6.07, 6.45) is 4.62. The first-order chi connectivity index (χ1) is 6.35. The van der Waals surface area contributed by atoms with Gasteiger partial charge < -0.3 is 10.1 Å². The molecule has 0 unspecified atom stereocenters. The van der Waals surface area contributed by atoms with Crippen molar-refractivity contribution in [2.75, 3.05) is 20.2 Å². The summed E-state index contributed by atoms with van der Waals surface area (Å²) in [4.78, 5) is 3.99. The molecule has 1 N–H and O–H groups in total. The molecule has 0 radical (unpaired) electrons. The van der Waals surface area contributed by atoms with Crippen LogP contribution in [0.25, 0.3) is 0 Å². The lowest BCUT2D eigenvalue weighted by Gasteiger charge is -2.41. The molecule has 3 heteroatoms. The number of pyridine rings is 1. The zero-order chi connectivity index (χ0) is 9.15. The van der Waals surface area contributed by atoms with Crippen molar-refractivity contribution in [3.63, 3.8) is 0 Å². The van der Waals surface area contributed by atoms with Crippen LogP contribution in [0.3, 0.4) is 0 Å². The highest BCUT2D eigenvalue weighted by molar-refractivity contribution is 5.15. The van der Waals surface area contributed by atoms with Crippen molar-refractivity contribution in [2.24, 2.45) is 0 Å². The molecule has 1 aromatic rings. The molecule has 0 amide bonds. The second-order valence-corrected chi connectivity index (χ2v) is 3.52. The van der Waals surface area contributed by atoms with Gasteiger partial charge in [0.25, 0.3) is 0 Å². The lowest BCUT2D eigenvalue weighted by molar-refractivity contribution is -0.0502. The van der Waals surface area contributed by atoms with Crippen molar-refractivity contribution in [3.05, 3.63) is 30.1 Å². The predicted octanol–water partition coefficient (Wildman–Crippen LogP) is 0.613. The zero-order valence-electron chi connectivity index (χ0n) is 7.79. The Morgan fingerprint density at radius 3 is 2.62 bits per heavy atom. The van der Waals surface area contributed by atoms with Gasteiger partial charge in [0, 0.05) is 39.0 Å². The highest BCUT2D eigenvalue weighted by Gasteiger charge is 2.36. The first kappa shape index (κ1) is 8.66. The monoisotopic (exact) mass is 178 g/mol. The van der Waals surface area contributed by atoms with Crippen LogP contribution in [0.5, 0.6) is 0 Å². The number of ether oxygens (including phenoxy) is 1. The second-order valence-electron chi connectivity index (χ2n) is 3.52. The number of rotatable bonds is 3. The SMILES string of the molecule is COC1(Cc2ccncc2)CNC1. The Hall–Kier alpha value is -0.930. The normalized spacial score (nSPS) is 19.5. The van der Waals surface area contributed by atoms with Gasteiger partial charge in [-0.05, 0) is 17.7 Å². The Kier molecular flexibility index (Phi) is 2.29.